The van der Waals surface area contributed by atoms with Gasteiger partial charge in [-0.1, -0.05) is 32.4 Å². The molecule has 3 N–H and O–H groups in total. The second-order valence-corrected chi connectivity index (χ2v) is 7.37. The van der Waals surface area contributed by atoms with E-state index in [2.05, 4.69) is 32.8 Å². The Morgan fingerprint density at radius 1 is 1.11 bits per heavy atom. The molecule has 0 radical (unpaired) electrons. The average molecular weight is 501 g/mol. The summed E-state index contributed by atoms with van der Waals surface area (Å²) < 4.78 is 0. The molecule has 0 atom stereocenters. The third kappa shape index (κ3) is 9.23. The summed E-state index contributed by atoms with van der Waals surface area (Å²) in [7, 11) is 0. The molecule has 1 fully saturated rings. The average Bonchev–Trinajstić information content (AvgIpc) is 2.68. The lowest BCUT2D eigenvalue weighted by molar-refractivity contribution is -0.118. The van der Waals surface area contributed by atoms with Crippen LogP contribution in [0.25, 0.3) is 0 Å². The van der Waals surface area contributed by atoms with Gasteiger partial charge >= 0.3 is 0 Å². The zero-order valence-corrected chi connectivity index (χ0v) is 19.8. The van der Waals surface area contributed by atoms with Gasteiger partial charge < -0.3 is 20.9 Å². The van der Waals surface area contributed by atoms with Crippen molar-refractivity contribution in [2.24, 2.45) is 10.9 Å². The molecule has 1 aliphatic rings. The Bertz CT molecular complexity index is 597. The molecule has 0 saturated carbocycles. The minimum atomic E-state index is -0.0204. The zero-order valence-electron chi connectivity index (χ0n) is 17.5. The monoisotopic (exact) mass is 501 g/mol. The van der Waals surface area contributed by atoms with Crippen LogP contribution in [0.5, 0.6) is 0 Å². The lowest BCUT2D eigenvalue weighted by atomic mass is 10.1. The highest BCUT2D eigenvalue weighted by molar-refractivity contribution is 14.0. The largest absolute Gasteiger partial charge is 0.357 e. The Morgan fingerprint density at radius 2 is 1.79 bits per heavy atom. The molecular formula is C21H36IN5O. The maximum Gasteiger partial charge on any atom is 0.226 e. The molecule has 0 bridgehead atoms. The first kappa shape index (κ1) is 24.7. The maximum absolute atomic E-state index is 11.7. The first-order chi connectivity index (χ1) is 13.1. The van der Waals surface area contributed by atoms with Gasteiger partial charge in [0.15, 0.2) is 5.96 Å². The number of carbonyl (C=O) groups is 1. The summed E-state index contributed by atoms with van der Waals surface area (Å²) in [5.74, 6) is 0.868. The van der Waals surface area contributed by atoms with Crippen molar-refractivity contribution in [3.8, 4) is 0 Å². The molecule has 1 heterocycles. The lowest BCUT2D eigenvalue weighted by Crippen LogP contribution is -2.42. The van der Waals surface area contributed by atoms with E-state index in [9.17, 15) is 4.79 Å². The maximum atomic E-state index is 11.7. The van der Waals surface area contributed by atoms with Gasteiger partial charge in [-0.05, 0) is 50.6 Å². The van der Waals surface area contributed by atoms with Crippen LogP contribution in [0, 0.1) is 5.92 Å². The number of nitrogens with one attached hydrogen (secondary N) is 3. The summed E-state index contributed by atoms with van der Waals surface area (Å²) in [6.45, 7) is 11.7. The number of nitrogens with zero attached hydrogens (tertiary/aromatic N) is 2. The minimum Gasteiger partial charge on any atom is -0.357 e. The quantitative estimate of drug-likeness (QED) is 0.290. The lowest BCUT2D eigenvalue weighted by Gasteiger charge is -2.26. The molecule has 1 aliphatic heterocycles. The second-order valence-electron chi connectivity index (χ2n) is 7.37. The number of benzene rings is 1. The van der Waals surface area contributed by atoms with E-state index in [1.807, 2.05) is 38.1 Å². The first-order valence-electron chi connectivity index (χ1n) is 10.2. The molecule has 1 aromatic rings. The molecule has 0 spiro atoms. The number of hydrogen-bond donors (Lipinski definition) is 3. The summed E-state index contributed by atoms with van der Waals surface area (Å²) >= 11 is 0. The predicted octanol–water partition coefficient (Wildman–Crippen LogP) is 3.44. The van der Waals surface area contributed by atoms with E-state index in [-0.39, 0.29) is 35.8 Å². The number of halogens is 1. The van der Waals surface area contributed by atoms with Crippen LogP contribution >= 0.6 is 24.0 Å². The molecule has 2 rings (SSSR count). The number of rotatable bonds is 8. The summed E-state index contributed by atoms with van der Waals surface area (Å²) in [5, 5.41) is 9.64. The number of aliphatic imine (C=N–C) groups is 1. The van der Waals surface area contributed by atoms with Crippen LogP contribution in [0.15, 0.2) is 29.3 Å². The second kappa shape index (κ2) is 13.8. The number of anilines is 1. The van der Waals surface area contributed by atoms with Crippen molar-refractivity contribution < 1.29 is 4.79 Å². The van der Waals surface area contributed by atoms with E-state index < -0.39 is 0 Å². The topological polar surface area (TPSA) is 68.8 Å². The molecule has 1 amide bonds. The smallest absolute Gasteiger partial charge is 0.226 e. The summed E-state index contributed by atoms with van der Waals surface area (Å²) in [5.41, 5.74) is 1.94. The highest BCUT2D eigenvalue weighted by Crippen LogP contribution is 2.12. The van der Waals surface area contributed by atoms with Gasteiger partial charge in [-0.15, -0.1) is 24.0 Å². The minimum absolute atomic E-state index is 0. The number of carbonyl (C=O) groups excluding carboxylic acids is 1. The number of hydrogen-bond acceptors (Lipinski definition) is 3. The molecule has 7 heteroatoms. The van der Waals surface area contributed by atoms with Crippen LogP contribution in [-0.2, 0) is 11.3 Å². The number of guanidine groups is 1. The van der Waals surface area contributed by atoms with Crippen molar-refractivity contribution >= 4 is 41.5 Å². The fraction of sp³-hybridized carbons (Fsp3) is 0.619. The Hall–Kier alpha value is -1.35. The van der Waals surface area contributed by atoms with E-state index in [4.69, 9.17) is 0 Å². The van der Waals surface area contributed by atoms with E-state index in [1.54, 1.807) is 0 Å². The fourth-order valence-electron chi connectivity index (χ4n) is 3.01. The van der Waals surface area contributed by atoms with Crippen LogP contribution in [0.3, 0.4) is 0 Å². The van der Waals surface area contributed by atoms with Gasteiger partial charge in [0, 0.05) is 31.2 Å². The molecule has 1 aromatic carbocycles. The van der Waals surface area contributed by atoms with Crippen LogP contribution < -0.4 is 16.0 Å². The Morgan fingerprint density at radius 3 is 2.39 bits per heavy atom. The molecule has 6 nitrogen and oxygen atoms in total. The Balaban J connectivity index is 0.00000392. The SMILES string of the molecule is CCNC(=NCc1ccc(NC(=O)C(C)C)cc1)NCCN1CCCCC1.I. The molecule has 0 aliphatic carbocycles. The number of amides is 1. The molecule has 0 unspecified atom stereocenters. The van der Waals surface area contributed by atoms with Crippen molar-refractivity contribution in [1.82, 2.24) is 15.5 Å². The summed E-state index contributed by atoms with van der Waals surface area (Å²) in [6.07, 6.45) is 4.01. The molecule has 28 heavy (non-hydrogen) atoms. The van der Waals surface area contributed by atoms with Gasteiger partial charge in [-0.3, -0.25) is 4.79 Å². The first-order valence-corrected chi connectivity index (χ1v) is 10.2. The fourth-order valence-corrected chi connectivity index (χ4v) is 3.01. The van der Waals surface area contributed by atoms with Gasteiger partial charge in [0.05, 0.1) is 6.54 Å². The van der Waals surface area contributed by atoms with Crippen molar-refractivity contribution in [3.63, 3.8) is 0 Å². The summed E-state index contributed by atoms with van der Waals surface area (Å²) in [6, 6.07) is 7.89. The Kier molecular flexibility index (Phi) is 12.1. The van der Waals surface area contributed by atoms with Gasteiger partial charge in [0.2, 0.25) is 5.91 Å². The highest BCUT2D eigenvalue weighted by atomic mass is 127. The van der Waals surface area contributed by atoms with Crippen molar-refractivity contribution in [3.05, 3.63) is 29.8 Å². The van der Waals surface area contributed by atoms with Crippen LogP contribution in [0.4, 0.5) is 5.69 Å². The standard InChI is InChI=1S/C21H35N5O.HI/c1-4-22-21(23-12-15-26-13-6-5-7-14-26)24-16-18-8-10-19(11-9-18)25-20(27)17(2)3;/h8-11,17H,4-7,12-16H2,1-3H3,(H,25,27)(H2,22,23,24);1H. The van der Waals surface area contributed by atoms with Gasteiger partial charge in [0.25, 0.3) is 0 Å². The van der Waals surface area contributed by atoms with Crippen LogP contribution in [0.1, 0.15) is 45.6 Å². The Labute approximate surface area is 187 Å². The van der Waals surface area contributed by atoms with Crippen LogP contribution in [-0.4, -0.2) is 49.5 Å². The molecule has 1 saturated heterocycles. The summed E-state index contributed by atoms with van der Waals surface area (Å²) in [4.78, 5) is 18.9. The number of piperidine rings is 1. The number of likely N-dealkylation sites (tertiary alicyclic amines) is 1. The van der Waals surface area contributed by atoms with E-state index in [1.165, 1.54) is 32.4 Å². The van der Waals surface area contributed by atoms with Gasteiger partial charge in [-0.25, -0.2) is 4.99 Å². The van der Waals surface area contributed by atoms with E-state index >= 15 is 0 Å². The third-order valence-electron chi connectivity index (χ3n) is 4.68. The molecular weight excluding hydrogens is 465 g/mol. The zero-order chi connectivity index (χ0) is 19.5. The normalized spacial score (nSPS) is 15.1. The van der Waals surface area contributed by atoms with E-state index in [0.717, 1.165) is 36.8 Å². The van der Waals surface area contributed by atoms with Crippen molar-refractivity contribution in [2.45, 2.75) is 46.6 Å². The van der Waals surface area contributed by atoms with Crippen molar-refractivity contribution in [2.75, 3.05) is 38.0 Å². The van der Waals surface area contributed by atoms with Crippen molar-refractivity contribution in [1.29, 1.82) is 0 Å². The van der Waals surface area contributed by atoms with E-state index in [0.29, 0.717) is 6.54 Å². The highest BCUT2D eigenvalue weighted by Gasteiger charge is 2.09. The third-order valence-corrected chi connectivity index (χ3v) is 4.68. The van der Waals surface area contributed by atoms with Gasteiger partial charge in [-0.2, -0.15) is 0 Å². The molecule has 0 aromatic heterocycles. The van der Waals surface area contributed by atoms with Gasteiger partial charge in [0.1, 0.15) is 0 Å². The predicted molar refractivity (Wildman–Crippen MR) is 128 cm³/mol. The van der Waals surface area contributed by atoms with Crippen LogP contribution in [0.2, 0.25) is 0 Å². The molecule has 158 valence electrons.